The number of para-hydroxylation sites is 1. The molecular weight excluding hydrogens is 673 g/mol. The molecule has 11 heteroatoms. The van der Waals surface area contributed by atoms with Gasteiger partial charge in [0.15, 0.2) is 0 Å². The van der Waals surface area contributed by atoms with Gasteiger partial charge in [-0.2, -0.15) is 0 Å². The molecule has 0 fully saturated rings. The molecule has 2 aliphatic heterocycles. The van der Waals surface area contributed by atoms with Crippen LogP contribution in [0, 0.1) is 0 Å². The zero-order valence-corrected chi connectivity index (χ0v) is 29.4. The van der Waals surface area contributed by atoms with Crippen LogP contribution in [0.1, 0.15) is 33.3 Å². The van der Waals surface area contributed by atoms with Crippen LogP contribution in [0.3, 0.4) is 0 Å². The van der Waals surface area contributed by atoms with Gasteiger partial charge in [-0.05, 0) is 54.8 Å². The lowest BCUT2D eigenvalue weighted by Crippen LogP contribution is -2.49. The maximum absolute atomic E-state index is 13.7. The highest BCUT2D eigenvalue weighted by Gasteiger charge is 2.37. The van der Waals surface area contributed by atoms with Gasteiger partial charge in [0.25, 0.3) is 0 Å². The third-order valence-electron chi connectivity index (χ3n) is 8.53. The van der Waals surface area contributed by atoms with Crippen molar-refractivity contribution in [3.63, 3.8) is 0 Å². The predicted molar refractivity (Wildman–Crippen MR) is 200 cm³/mol. The summed E-state index contributed by atoms with van der Waals surface area (Å²) in [6, 6.07) is 25.5. The Bertz CT molecular complexity index is 1920. The average Bonchev–Trinajstić information content (AvgIpc) is 3.47. The summed E-state index contributed by atoms with van der Waals surface area (Å²) in [7, 11) is 0. The summed E-state index contributed by atoms with van der Waals surface area (Å²) in [5.41, 5.74) is 4.22. The summed E-state index contributed by atoms with van der Waals surface area (Å²) in [6.45, 7) is 4.40. The van der Waals surface area contributed by atoms with E-state index < -0.39 is 5.97 Å². The first-order chi connectivity index (χ1) is 24.0. The van der Waals surface area contributed by atoms with Crippen molar-refractivity contribution in [1.82, 2.24) is 4.90 Å². The summed E-state index contributed by atoms with van der Waals surface area (Å²) in [5.74, 6) is -0.473. The average molecular weight is 709 g/mol. The van der Waals surface area contributed by atoms with E-state index in [-0.39, 0.29) is 35.6 Å². The van der Waals surface area contributed by atoms with Crippen molar-refractivity contribution in [2.45, 2.75) is 47.5 Å². The molecule has 3 heterocycles. The number of thioether (sulfide) groups is 2. The highest BCUT2D eigenvalue weighted by Crippen LogP contribution is 2.44. The van der Waals surface area contributed by atoms with Gasteiger partial charge in [0.05, 0.1) is 34.9 Å². The van der Waals surface area contributed by atoms with Gasteiger partial charge >= 0.3 is 12.0 Å². The lowest BCUT2D eigenvalue weighted by Gasteiger charge is -2.40. The van der Waals surface area contributed by atoms with E-state index in [0.29, 0.717) is 29.2 Å². The summed E-state index contributed by atoms with van der Waals surface area (Å²) < 4.78 is 5.42. The van der Waals surface area contributed by atoms with Crippen molar-refractivity contribution in [1.29, 1.82) is 0 Å². The number of allylic oxidation sites excluding steroid dienone is 2. The first-order valence-corrected chi connectivity index (χ1v) is 19.0. The SMILES string of the molecule is CCOC(=O)c1c(NC(=O)CSc2cccc(NC(=O)N3c4ccccc4SC4C=CC=CC43)c2)sc2c1CCN(Cc1ccccc1)C2. The molecule has 0 radical (unpaired) electrons. The molecule has 0 bridgehead atoms. The molecule has 4 aromatic rings. The molecule has 0 spiro atoms. The number of amides is 3. The van der Waals surface area contributed by atoms with Gasteiger partial charge in [0, 0.05) is 40.0 Å². The van der Waals surface area contributed by atoms with Crippen LogP contribution >= 0.6 is 34.9 Å². The summed E-state index contributed by atoms with van der Waals surface area (Å²) >= 11 is 4.60. The van der Waals surface area contributed by atoms with Crippen molar-refractivity contribution in [3.8, 4) is 0 Å². The quantitative estimate of drug-likeness (QED) is 0.134. The van der Waals surface area contributed by atoms with Crippen LogP contribution in [0.4, 0.5) is 21.2 Å². The third kappa shape index (κ3) is 7.50. The minimum atomic E-state index is -0.399. The molecule has 2 unspecified atom stereocenters. The number of hydrogen-bond donors (Lipinski definition) is 2. The Morgan fingerprint density at radius 2 is 1.78 bits per heavy atom. The van der Waals surface area contributed by atoms with Gasteiger partial charge in [-0.3, -0.25) is 14.6 Å². The Kier molecular flexibility index (Phi) is 10.2. The molecular formula is C38H36N4O4S3. The molecule has 3 aromatic carbocycles. The lowest BCUT2D eigenvalue weighted by atomic mass is 10.0. The highest BCUT2D eigenvalue weighted by atomic mass is 32.2. The van der Waals surface area contributed by atoms with Crippen molar-refractivity contribution in [2.75, 3.05) is 34.4 Å². The number of nitrogens with zero attached hydrogens (tertiary/aromatic N) is 2. The summed E-state index contributed by atoms with van der Waals surface area (Å²) in [5, 5.41) is 6.78. The third-order valence-corrected chi connectivity index (χ3v) is 12.0. The monoisotopic (exact) mass is 708 g/mol. The maximum Gasteiger partial charge on any atom is 0.341 e. The van der Waals surface area contributed by atoms with Crippen LogP contribution in [0.5, 0.6) is 0 Å². The number of nitrogens with one attached hydrogen (secondary N) is 2. The molecule has 2 atom stereocenters. The highest BCUT2D eigenvalue weighted by molar-refractivity contribution is 8.00. The molecule has 1 aromatic heterocycles. The number of thiophene rings is 1. The van der Waals surface area contributed by atoms with Gasteiger partial charge < -0.3 is 15.4 Å². The standard InChI is InChI=1S/C38H36N4O4S3/c1-2-46-37(44)35-28-19-20-41(22-25-11-4-3-5-12-25)23-33(28)49-36(35)40-34(43)24-47-27-14-10-13-26(21-27)39-38(45)42-29-15-6-8-17-31(29)48-32-18-9-7-16-30(32)42/h3-18,21,29,31H,2,19-20,22-24H2,1H3,(H,39,45)(H,40,43). The Hall–Kier alpha value is -4.29. The largest absolute Gasteiger partial charge is 0.462 e. The van der Waals surface area contributed by atoms with Gasteiger partial charge in [-0.15, -0.1) is 34.9 Å². The normalized spacial score (nSPS) is 17.9. The van der Waals surface area contributed by atoms with Crippen LogP contribution in [-0.2, 0) is 29.0 Å². The van der Waals surface area contributed by atoms with E-state index in [1.165, 1.54) is 28.7 Å². The molecule has 7 rings (SSSR count). The van der Waals surface area contributed by atoms with Crippen LogP contribution in [-0.4, -0.2) is 53.0 Å². The Balaban J connectivity index is 1.01. The van der Waals surface area contributed by atoms with Crippen LogP contribution < -0.4 is 15.5 Å². The maximum atomic E-state index is 13.7. The van der Waals surface area contributed by atoms with Gasteiger partial charge in [0.1, 0.15) is 5.00 Å². The fraction of sp³-hybridized carbons (Fsp3) is 0.237. The fourth-order valence-corrected chi connectivity index (χ4v) is 9.63. The van der Waals surface area contributed by atoms with Crippen LogP contribution in [0.15, 0.2) is 113 Å². The first-order valence-electron chi connectivity index (χ1n) is 16.3. The number of carbonyl (C=O) groups is 3. The number of ether oxygens (including phenoxy) is 1. The number of anilines is 3. The second kappa shape index (κ2) is 15.1. The smallest absolute Gasteiger partial charge is 0.341 e. The lowest BCUT2D eigenvalue weighted by molar-refractivity contribution is -0.113. The number of rotatable bonds is 9. The Morgan fingerprint density at radius 1 is 0.959 bits per heavy atom. The number of fused-ring (bicyclic) bond motifs is 3. The van der Waals surface area contributed by atoms with E-state index in [0.717, 1.165) is 39.0 Å². The zero-order valence-electron chi connectivity index (χ0n) is 27.0. The summed E-state index contributed by atoms with van der Waals surface area (Å²) in [4.78, 5) is 47.3. The van der Waals surface area contributed by atoms with Crippen LogP contribution in [0.25, 0.3) is 0 Å². The van der Waals surface area contributed by atoms with E-state index in [1.54, 1.807) is 18.7 Å². The molecule has 250 valence electrons. The molecule has 49 heavy (non-hydrogen) atoms. The molecule has 1 aliphatic carbocycles. The van der Waals surface area contributed by atoms with Crippen molar-refractivity contribution < 1.29 is 19.1 Å². The van der Waals surface area contributed by atoms with Gasteiger partial charge in [-0.25, -0.2) is 9.59 Å². The fourth-order valence-electron chi connectivity index (χ4n) is 6.32. The van der Waals surface area contributed by atoms with Gasteiger partial charge in [0.2, 0.25) is 5.91 Å². The zero-order chi connectivity index (χ0) is 33.7. The van der Waals surface area contributed by atoms with Crippen molar-refractivity contribution >= 4 is 69.1 Å². The molecule has 3 aliphatic rings. The number of urea groups is 1. The van der Waals surface area contributed by atoms with E-state index in [2.05, 4.69) is 39.8 Å². The van der Waals surface area contributed by atoms with Crippen molar-refractivity contribution in [2.24, 2.45) is 0 Å². The minimum absolute atomic E-state index is 0.0968. The number of carbonyl (C=O) groups excluding carboxylic acids is 3. The Labute approximate surface area is 298 Å². The first kappa shape index (κ1) is 33.2. The molecule has 2 N–H and O–H groups in total. The molecule has 0 saturated carbocycles. The predicted octanol–water partition coefficient (Wildman–Crippen LogP) is 8.22. The second-order valence-corrected chi connectivity index (χ2v) is 15.2. The van der Waals surface area contributed by atoms with E-state index in [4.69, 9.17) is 4.74 Å². The Morgan fingerprint density at radius 3 is 2.63 bits per heavy atom. The van der Waals surface area contributed by atoms with Crippen molar-refractivity contribution in [3.05, 3.63) is 125 Å². The molecule has 0 saturated heterocycles. The molecule has 3 amide bonds. The van der Waals surface area contributed by atoms with Gasteiger partial charge in [-0.1, -0.05) is 72.8 Å². The molecule has 8 nitrogen and oxygen atoms in total. The van der Waals surface area contributed by atoms with E-state index in [9.17, 15) is 14.4 Å². The van der Waals surface area contributed by atoms with Crippen LogP contribution in [0.2, 0.25) is 0 Å². The van der Waals surface area contributed by atoms with E-state index >= 15 is 0 Å². The number of hydrogen-bond acceptors (Lipinski definition) is 8. The topological polar surface area (TPSA) is 91.0 Å². The van der Waals surface area contributed by atoms with E-state index in [1.807, 2.05) is 83.8 Å². The second-order valence-electron chi connectivity index (χ2n) is 11.9. The number of esters is 1. The number of benzene rings is 3. The minimum Gasteiger partial charge on any atom is -0.462 e. The summed E-state index contributed by atoms with van der Waals surface area (Å²) in [6.07, 6.45) is 8.93.